The van der Waals surface area contributed by atoms with E-state index < -0.39 is 17.3 Å². The molecule has 0 aliphatic rings. The van der Waals surface area contributed by atoms with Crippen molar-refractivity contribution in [3.8, 4) is 11.5 Å². The van der Waals surface area contributed by atoms with Gasteiger partial charge in [-0.25, -0.2) is 14.2 Å². The molecule has 3 aromatic carbocycles. The second-order valence-corrected chi connectivity index (χ2v) is 10.8. The smallest absolute Gasteiger partial charge is 0.356 e. The quantitative estimate of drug-likeness (QED) is 0.422. The Morgan fingerprint density at radius 3 is 2.28 bits per heavy atom. The maximum Gasteiger partial charge on any atom is 0.356 e. The van der Waals surface area contributed by atoms with Crippen molar-refractivity contribution in [2.75, 3.05) is 20.5 Å². The van der Waals surface area contributed by atoms with Gasteiger partial charge in [0.15, 0.2) is 17.3 Å². The van der Waals surface area contributed by atoms with Crippen LogP contribution in [0.5, 0.6) is 11.5 Å². The Hall–Kier alpha value is -3.04. The molecule has 0 spiro atoms. The van der Waals surface area contributed by atoms with Crippen molar-refractivity contribution in [3.63, 3.8) is 0 Å². The van der Waals surface area contributed by atoms with E-state index in [-0.39, 0.29) is 11.1 Å². The Balaban J connectivity index is 1.98. The van der Waals surface area contributed by atoms with E-state index in [2.05, 4.69) is 14.3 Å². The van der Waals surface area contributed by atoms with Gasteiger partial charge in [0, 0.05) is 17.7 Å². The third-order valence-electron chi connectivity index (χ3n) is 4.96. The molecule has 9 nitrogen and oxygen atoms in total. The minimum Gasteiger partial charge on any atom is -0.493 e. The number of hydrogen-bond donors (Lipinski definition) is 2. The summed E-state index contributed by atoms with van der Waals surface area (Å²) in [7, 11) is -4.57. The SMILES string of the molecule is COc1cc2ncnc(N=S(C)(=O)c3cccc4c(P(=O)(O)O)cccc34)c2cc1OC. The molecule has 32 heavy (non-hydrogen) atoms. The monoisotopic (exact) mass is 473 g/mol. The van der Waals surface area contributed by atoms with Crippen LogP contribution in [0.15, 0.2) is 64.1 Å². The second-order valence-electron chi connectivity index (χ2n) is 6.99. The average molecular weight is 473 g/mol. The lowest BCUT2D eigenvalue weighted by molar-refractivity contribution is 0.356. The van der Waals surface area contributed by atoms with Gasteiger partial charge in [0.05, 0.1) is 39.7 Å². The Morgan fingerprint density at radius 2 is 1.59 bits per heavy atom. The summed E-state index contributed by atoms with van der Waals surface area (Å²) in [5.41, 5.74) is 0.535. The molecule has 4 aromatic rings. The van der Waals surface area contributed by atoms with E-state index in [1.807, 2.05) is 0 Å². The van der Waals surface area contributed by atoms with Crippen molar-refractivity contribution in [2.24, 2.45) is 4.36 Å². The van der Waals surface area contributed by atoms with Crippen molar-refractivity contribution in [3.05, 3.63) is 54.9 Å². The van der Waals surface area contributed by atoms with Crippen molar-refractivity contribution >= 4 is 50.1 Å². The minimum absolute atomic E-state index is 0.128. The molecule has 166 valence electrons. The van der Waals surface area contributed by atoms with Crippen molar-refractivity contribution in [2.45, 2.75) is 4.90 Å². The second kappa shape index (κ2) is 8.14. The summed E-state index contributed by atoms with van der Waals surface area (Å²) in [5.74, 6) is 1.14. The van der Waals surface area contributed by atoms with Crippen LogP contribution in [-0.2, 0) is 14.3 Å². The third-order valence-corrected chi connectivity index (χ3v) is 7.67. The number of rotatable bonds is 5. The lowest BCUT2D eigenvalue weighted by Gasteiger charge is -2.13. The zero-order chi connectivity index (χ0) is 23.1. The first-order valence-corrected chi connectivity index (χ1v) is 12.9. The minimum atomic E-state index is -4.52. The molecule has 2 N–H and O–H groups in total. The van der Waals surface area contributed by atoms with Crippen molar-refractivity contribution in [1.29, 1.82) is 0 Å². The van der Waals surface area contributed by atoms with Crippen LogP contribution in [0.2, 0.25) is 0 Å². The summed E-state index contributed by atoms with van der Waals surface area (Å²) >= 11 is 0. The normalized spacial score (nSPS) is 13.7. The number of methoxy groups -OCH3 is 2. The molecule has 0 amide bonds. The van der Waals surface area contributed by atoms with Gasteiger partial charge in [-0.05, 0) is 29.0 Å². The van der Waals surface area contributed by atoms with Gasteiger partial charge >= 0.3 is 7.60 Å². The fourth-order valence-electron chi connectivity index (χ4n) is 3.51. The van der Waals surface area contributed by atoms with Crippen molar-refractivity contribution < 1.29 is 28.0 Å². The van der Waals surface area contributed by atoms with Gasteiger partial charge < -0.3 is 19.3 Å². The molecule has 4 rings (SSSR count). The molecule has 1 atom stereocenters. The Kier molecular flexibility index (Phi) is 5.64. The van der Waals surface area contributed by atoms with Gasteiger partial charge in [0.2, 0.25) is 0 Å². The summed E-state index contributed by atoms with van der Waals surface area (Å²) in [6.07, 6.45) is 2.78. The molecule has 0 saturated heterocycles. The fourth-order valence-corrected chi connectivity index (χ4v) is 5.79. The zero-order valence-electron chi connectivity index (χ0n) is 17.4. The van der Waals surface area contributed by atoms with Gasteiger partial charge in [-0.15, -0.1) is 0 Å². The highest BCUT2D eigenvalue weighted by molar-refractivity contribution is 7.93. The Labute approximate surface area is 184 Å². The summed E-state index contributed by atoms with van der Waals surface area (Å²) in [6, 6.07) is 12.7. The third kappa shape index (κ3) is 3.93. The van der Waals surface area contributed by atoms with E-state index in [1.165, 1.54) is 38.9 Å². The highest BCUT2D eigenvalue weighted by Crippen LogP contribution is 2.38. The van der Waals surface area contributed by atoms with Crippen LogP contribution in [0.25, 0.3) is 21.7 Å². The van der Waals surface area contributed by atoms with Crippen LogP contribution in [0.4, 0.5) is 5.82 Å². The van der Waals surface area contributed by atoms with Crippen LogP contribution in [0.3, 0.4) is 0 Å². The van der Waals surface area contributed by atoms with E-state index in [4.69, 9.17) is 9.47 Å². The topological polar surface area (TPSA) is 131 Å². The Morgan fingerprint density at radius 1 is 0.938 bits per heavy atom. The zero-order valence-corrected chi connectivity index (χ0v) is 19.1. The van der Waals surface area contributed by atoms with Gasteiger partial charge in [-0.3, -0.25) is 4.57 Å². The van der Waals surface area contributed by atoms with Gasteiger partial charge in [-0.1, -0.05) is 24.3 Å². The number of benzene rings is 3. The molecule has 0 radical (unpaired) electrons. The number of fused-ring (bicyclic) bond motifs is 2. The van der Waals surface area contributed by atoms with Crippen LogP contribution >= 0.6 is 7.60 Å². The number of ether oxygens (including phenoxy) is 2. The van der Waals surface area contributed by atoms with E-state index in [0.29, 0.717) is 38.1 Å². The molecule has 0 saturated carbocycles. The lowest BCUT2D eigenvalue weighted by atomic mass is 10.1. The first-order chi connectivity index (χ1) is 15.2. The van der Waals surface area contributed by atoms with Gasteiger partial charge in [0.25, 0.3) is 0 Å². The lowest BCUT2D eigenvalue weighted by Crippen LogP contribution is -2.07. The molecule has 0 bridgehead atoms. The molecular weight excluding hydrogens is 453 g/mol. The molecule has 0 aliphatic carbocycles. The van der Waals surface area contributed by atoms with Gasteiger partial charge in [-0.2, -0.15) is 4.36 Å². The van der Waals surface area contributed by atoms with Crippen LogP contribution in [0, 0.1) is 0 Å². The summed E-state index contributed by atoms with van der Waals surface area (Å²) in [6.45, 7) is 0. The molecule has 1 aromatic heterocycles. The number of nitrogens with zero attached hydrogens (tertiary/aromatic N) is 3. The molecule has 0 aliphatic heterocycles. The first kappa shape index (κ1) is 22.2. The summed E-state index contributed by atoms with van der Waals surface area (Å²) in [5, 5.41) is 1.16. The Bertz CT molecular complexity index is 1530. The maximum absolute atomic E-state index is 13.8. The van der Waals surface area contributed by atoms with Crippen LogP contribution < -0.4 is 14.8 Å². The van der Waals surface area contributed by atoms with Crippen LogP contribution in [0.1, 0.15) is 0 Å². The van der Waals surface area contributed by atoms with E-state index in [9.17, 15) is 18.6 Å². The molecule has 1 unspecified atom stereocenters. The number of aromatic nitrogens is 2. The fraction of sp³-hybridized carbons (Fsp3) is 0.143. The predicted molar refractivity (Wildman–Crippen MR) is 123 cm³/mol. The summed E-state index contributed by atoms with van der Waals surface area (Å²) in [4.78, 5) is 28.2. The van der Waals surface area contributed by atoms with E-state index >= 15 is 0 Å². The highest BCUT2D eigenvalue weighted by atomic mass is 32.2. The number of hydrogen-bond acceptors (Lipinski definition) is 7. The predicted octanol–water partition coefficient (Wildman–Crippen LogP) is 3.39. The average Bonchev–Trinajstić information content (AvgIpc) is 2.76. The van der Waals surface area contributed by atoms with Crippen molar-refractivity contribution in [1.82, 2.24) is 9.97 Å². The first-order valence-electron chi connectivity index (χ1n) is 9.32. The van der Waals surface area contributed by atoms with Crippen LogP contribution in [-0.4, -0.2) is 44.4 Å². The maximum atomic E-state index is 13.8. The largest absolute Gasteiger partial charge is 0.493 e. The van der Waals surface area contributed by atoms with E-state index in [1.54, 1.807) is 36.4 Å². The molecule has 11 heteroatoms. The highest BCUT2D eigenvalue weighted by Gasteiger charge is 2.22. The standard InChI is InChI=1S/C21H20N3O6PS/c1-29-17-10-15-16(11-18(17)30-2)22-12-23-21(15)24-32(3,28)20-9-5-6-13-14(20)7-4-8-19(13)31(25,26)27/h4-12H,1-3H3,(H2,25,26,27). The molecular formula is C21H20N3O6PS. The van der Waals surface area contributed by atoms with E-state index in [0.717, 1.165) is 0 Å². The molecule has 1 heterocycles. The summed E-state index contributed by atoms with van der Waals surface area (Å²) < 4.78 is 40.8. The van der Waals surface area contributed by atoms with Gasteiger partial charge in [0.1, 0.15) is 6.33 Å². The molecule has 0 fully saturated rings.